The molecule has 0 amide bonds. The molecular weight excluding hydrogens is 190 g/mol. The second-order valence-corrected chi connectivity index (χ2v) is 4.20. The van der Waals surface area contributed by atoms with E-state index >= 15 is 0 Å². The first-order valence-corrected chi connectivity index (χ1v) is 5.08. The van der Waals surface area contributed by atoms with Crippen LogP contribution >= 0.6 is 0 Å². The molecular formula is C12H19NO2. The molecule has 0 aliphatic heterocycles. The van der Waals surface area contributed by atoms with Gasteiger partial charge in [0.1, 0.15) is 5.75 Å². The van der Waals surface area contributed by atoms with Gasteiger partial charge in [-0.2, -0.15) is 0 Å². The smallest absolute Gasteiger partial charge is 0.120 e. The summed E-state index contributed by atoms with van der Waals surface area (Å²) >= 11 is 0. The molecule has 0 aliphatic rings. The second kappa shape index (κ2) is 5.14. The van der Waals surface area contributed by atoms with Crippen LogP contribution in [0.15, 0.2) is 24.3 Å². The van der Waals surface area contributed by atoms with Gasteiger partial charge in [0.25, 0.3) is 0 Å². The molecule has 3 nitrogen and oxygen atoms in total. The van der Waals surface area contributed by atoms with E-state index in [0.717, 1.165) is 12.1 Å². The highest BCUT2D eigenvalue weighted by Gasteiger charge is 2.15. The summed E-state index contributed by atoms with van der Waals surface area (Å²) in [5.41, 5.74) is 0.731. The lowest BCUT2D eigenvalue weighted by Crippen LogP contribution is -2.36. The summed E-state index contributed by atoms with van der Waals surface area (Å²) in [7, 11) is 1.70. The number of nitrogens with one attached hydrogen (secondary N) is 1. The molecule has 0 saturated heterocycles. The van der Waals surface area contributed by atoms with E-state index in [-0.39, 0.29) is 5.60 Å². The van der Waals surface area contributed by atoms with Crippen LogP contribution in [0.1, 0.15) is 19.4 Å². The van der Waals surface area contributed by atoms with Crippen LogP contribution < -0.4 is 5.32 Å². The van der Waals surface area contributed by atoms with Crippen molar-refractivity contribution >= 4 is 0 Å². The van der Waals surface area contributed by atoms with Crippen LogP contribution in [-0.2, 0) is 11.3 Å². The average molecular weight is 209 g/mol. The highest BCUT2D eigenvalue weighted by atomic mass is 16.5. The van der Waals surface area contributed by atoms with Crippen molar-refractivity contribution in [2.45, 2.75) is 26.0 Å². The van der Waals surface area contributed by atoms with Gasteiger partial charge >= 0.3 is 0 Å². The van der Waals surface area contributed by atoms with E-state index in [0.29, 0.717) is 12.3 Å². The number of phenolic OH excluding ortho intramolecular Hbond substituents is 1. The molecule has 0 atom stereocenters. The number of para-hydroxylation sites is 1. The second-order valence-electron chi connectivity index (χ2n) is 4.20. The monoisotopic (exact) mass is 209 g/mol. The number of ether oxygens (including phenoxy) is 1. The molecule has 0 aliphatic carbocycles. The molecule has 0 saturated carbocycles. The van der Waals surface area contributed by atoms with Crippen LogP contribution in [0.5, 0.6) is 5.75 Å². The van der Waals surface area contributed by atoms with Crippen LogP contribution in [0.3, 0.4) is 0 Å². The summed E-state index contributed by atoms with van der Waals surface area (Å²) in [6.45, 7) is 5.44. The Balaban J connectivity index is 2.42. The lowest BCUT2D eigenvalue weighted by Gasteiger charge is -2.23. The van der Waals surface area contributed by atoms with E-state index in [9.17, 15) is 5.11 Å². The fraction of sp³-hybridized carbons (Fsp3) is 0.500. The largest absolute Gasteiger partial charge is 0.508 e. The minimum Gasteiger partial charge on any atom is -0.508 e. The van der Waals surface area contributed by atoms with Crippen LogP contribution in [0.4, 0.5) is 0 Å². The quantitative estimate of drug-likeness (QED) is 0.778. The van der Waals surface area contributed by atoms with Gasteiger partial charge in [-0.3, -0.25) is 0 Å². The molecule has 0 spiro atoms. The summed E-state index contributed by atoms with van der Waals surface area (Å²) in [5, 5.41) is 12.8. The first-order chi connectivity index (χ1) is 7.05. The lowest BCUT2D eigenvalue weighted by atomic mass is 10.1. The van der Waals surface area contributed by atoms with Crippen LogP contribution in [0.2, 0.25) is 0 Å². The standard InChI is InChI=1S/C12H19NO2/c1-12(2,15-3)9-13-8-10-6-4-5-7-11(10)14/h4-7,13-14H,8-9H2,1-3H3. The summed E-state index contributed by atoms with van der Waals surface area (Å²) < 4.78 is 5.28. The van der Waals surface area contributed by atoms with Gasteiger partial charge in [-0.25, -0.2) is 0 Å². The molecule has 1 aromatic carbocycles. The van der Waals surface area contributed by atoms with E-state index in [1.807, 2.05) is 32.0 Å². The van der Waals surface area contributed by atoms with Crippen molar-refractivity contribution in [1.82, 2.24) is 5.32 Å². The maximum atomic E-state index is 9.53. The Hall–Kier alpha value is -1.06. The third-order valence-corrected chi connectivity index (χ3v) is 2.41. The maximum absolute atomic E-state index is 9.53. The number of hydrogen-bond acceptors (Lipinski definition) is 3. The van der Waals surface area contributed by atoms with Crippen molar-refractivity contribution in [3.8, 4) is 5.75 Å². The average Bonchev–Trinajstić information content (AvgIpc) is 2.21. The first kappa shape index (κ1) is 12.0. The summed E-state index contributed by atoms with van der Waals surface area (Å²) in [5.74, 6) is 0.334. The predicted molar refractivity (Wildman–Crippen MR) is 60.9 cm³/mol. The molecule has 0 bridgehead atoms. The Bertz CT molecular complexity index is 310. The Morgan fingerprint density at radius 3 is 2.60 bits per heavy atom. The zero-order valence-electron chi connectivity index (χ0n) is 9.58. The van der Waals surface area contributed by atoms with Crippen molar-refractivity contribution in [1.29, 1.82) is 0 Å². The van der Waals surface area contributed by atoms with Gasteiger partial charge in [0.15, 0.2) is 0 Å². The SMILES string of the molecule is COC(C)(C)CNCc1ccccc1O. The number of benzene rings is 1. The Morgan fingerprint density at radius 2 is 2.00 bits per heavy atom. The summed E-state index contributed by atoms with van der Waals surface area (Å²) in [6.07, 6.45) is 0. The zero-order valence-corrected chi connectivity index (χ0v) is 9.58. The van der Waals surface area contributed by atoms with E-state index in [4.69, 9.17) is 4.74 Å². The van der Waals surface area contributed by atoms with E-state index in [2.05, 4.69) is 5.32 Å². The molecule has 0 heterocycles. The van der Waals surface area contributed by atoms with E-state index < -0.39 is 0 Å². The fourth-order valence-corrected chi connectivity index (χ4v) is 1.23. The Labute approximate surface area is 91.1 Å². The Kier molecular flexibility index (Phi) is 4.12. The number of phenols is 1. The first-order valence-electron chi connectivity index (χ1n) is 5.08. The summed E-state index contributed by atoms with van der Waals surface area (Å²) in [6, 6.07) is 7.33. The minimum atomic E-state index is -0.176. The van der Waals surface area contributed by atoms with Gasteiger partial charge in [-0.1, -0.05) is 18.2 Å². The zero-order chi connectivity index (χ0) is 11.3. The molecule has 3 heteroatoms. The van der Waals surface area contributed by atoms with Crippen molar-refractivity contribution < 1.29 is 9.84 Å². The van der Waals surface area contributed by atoms with Crippen LogP contribution in [0.25, 0.3) is 0 Å². The maximum Gasteiger partial charge on any atom is 0.120 e. The summed E-state index contributed by atoms with van der Waals surface area (Å²) in [4.78, 5) is 0. The van der Waals surface area contributed by atoms with Crippen molar-refractivity contribution in [2.75, 3.05) is 13.7 Å². The van der Waals surface area contributed by atoms with Gasteiger partial charge in [0.2, 0.25) is 0 Å². The molecule has 0 fully saturated rings. The number of hydrogen-bond donors (Lipinski definition) is 2. The van der Waals surface area contributed by atoms with Crippen molar-refractivity contribution in [2.24, 2.45) is 0 Å². The normalized spacial score (nSPS) is 11.7. The van der Waals surface area contributed by atoms with Crippen molar-refractivity contribution in [3.05, 3.63) is 29.8 Å². The molecule has 0 unspecified atom stereocenters. The van der Waals surface area contributed by atoms with Crippen LogP contribution in [-0.4, -0.2) is 24.4 Å². The van der Waals surface area contributed by atoms with E-state index in [1.54, 1.807) is 13.2 Å². The molecule has 0 aromatic heterocycles. The predicted octanol–water partition coefficient (Wildman–Crippen LogP) is 1.91. The Morgan fingerprint density at radius 1 is 1.33 bits per heavy atom. The third kappa shape index (κ3) is 3.90. The minimum absolute atomic E-state index is 0.176. The van der Waals surface area contributed by atoms with E-state index in [1.165, 1.54) is 0 Å². The molecule has 1 aromatic rings. The molecule has 84 valence electrons. The highest BCUT2D eigenvalue weighted by molar-refractivity contribution is 5.31. The van der Waals surface area contributed by atoms with Gasteiger partial charge in [0, 0.05) is 25.8 Å². The van der Waals surface area contributed by atoms with Crippen molar-refractivity contribution in [3.63, 3.8) is 0 Å². The van der Waals surface area contributed by atoms with Gasteiger partial charge in [0.05, 0.1) is 5.60 Å². The van der Waals surface area contributed by atoms with Crippen LogP contribution in [0, 0.1) is 0 Å². The topological polar surface area (TPSA) is 41.5 Å². The highest BCUT2D eigenvalue weighted by Crippen LogP contribution is 2.15. The van der Waals surface area contributed by atoms with Gasteiger partial charge in [-0.15, -0.1) is 0 Å². The molecule has 15 heavy (non-hydrogen) atoms. The number of rotatable bonds is 5. The lowest BCUT2D eigenvalue weighted by molar-refractivity contribution is 0.0230. The third-order valence-electron chi connectivity index (χ3n) is 2.41. The van der Waals surface area contributed by atoms with Gasteiger partial charge < -0.3 is 15.2 Å². The number of methoxy groups -OCH3 is 1. The van der Waals surface area contributed by atoms with Gasteiger partial charge in [-0.05, 0) is 19.9 Å². The fourth-order valence-electron chi connectivity index (χ4n) is 1.23. The number of aromatic hydroxyl groups is 1. The molecule has 2 N–H and O–H groups in total. The molecule has 1 rings (SSSR count). The molecule has 0 radical (unpaired) electrons.